The molecule has 0 radical (unpaired) electrons. The maximum Gasteiger partial charge on any atom is 0.163 e. The molecule has 3 atom stereocenters. The quantitative estimate of drug-likeness (QED) is 0.623. The van der Waals surface area contributed by atoms with Crippen LogP contribution in [0.2, 0.25) is 0 Å². The van der Waals surface area contributed by atoms with Crippen LogP contribution in [0, 0.1) is 11.8 Å². The molecule has 0 amide bonds. The first-order chi connectivity index (χ1) is 8.43. The molecule has 0 aromatic rings. The lowest BCUT2D eigenvalue weighted by Crippen LogP contribution is -2.21. The van der Waals surface area contributed by atoms with Crippen LogP contribution in [-0.2, 0) is 9.47 Å². The van der Waals surface area contributed by atoms with Crippen molar-refractivity contribution in [3.05, 3.63) is 0 Å². The third-order valence-electron chi connectivity index (χ3n) is 4.14. The van der Waals surface area contributed by atoms with Gasteiger partial charge < -0.3 is 9.47 Å². The Balaban J connectivity index is 2.05. The fourth-order valence-electron chi connectivity index (χ4n) is 2.54. The second-order valence-electron chi connectivity index (χ2n) is 6.58. The van der Waals surface area contributed by atoms with Crippen LogP contribution in [0.1, 0.15) is 73.1 Å². The van der Waals surface area contributed by atoms with Crippen molar-refractivity contribution in [2.24, 2.45) is 11.8 Å². The van der Waals surface area contributed by atoms with E-state index in [1.807, 2.05) is 13.8 Å². The van der Waals surface area contributed by atoms with Gasteiger partial charge in [0.2, 0.25) is 0 Å². The Morgan fingerprint density at radius 1 is 1.11 bits per heavy atom. The molecule has 0 spiro atoms. The van der Waals surface area contributed by atoms with Crippen molar-refractivity contribution >= 4 is 0 Å². The Morgan fingerprint density at radius 2 is 1.78 bits per heavy atom. The Morgan fingerprint density at radius 3 is 2.33 bits per heavy atom. The van der Waals surface area contributed by atoms with Crippen LogP contribution < -0.4 is 0 Å². The first-order valence-electron chi connectivity index (χ1n) is 7.74. The predicted octanol–water partition coefficient (Wildman–Crippen LogP) is 4.77. The summed E-state index contributed by atoms with van der Waals surface area (Å²) in [7, 11) is 0. The van der Waals surface area contributed by atoms with E-state index < -0.39 is 0 Å². The van der Waals surface area contributed by atoms with E-state index in [1.165, 1.54) is 32.1 Å². The Bertz CT molecular complexity index is 225. The van der Waals surface area contributed by atoms with Gasteiger partial charge in [-0.3, -0.25) is 0 Å². The molecule has 1 fully saturated rings. The highest BCUT2D eigenvalue weighted by atomic mass is 16.7. The molecule has 1 heterocycles. The minimum absolute atomic E-state index is 0.317. The number of hydrogen-bond acceptors (Lipinski definition) is 2. The van der Waals surface area contributed by atoms with Crippen LogP contribution in [0.15, 0.2) is 0 Å². The normalized spacial score (nSPS) is 26.2. The van der Waals surface area contributed by atoms with Crippen molar-refractivity contribution in [2.45, 2.75) is 85.0 Å². The first-order valence-corrected chi connectivity index (χ1v) is 7.74. The van der Waals surface area contributed by atoms with Crippen LogP contribution >= 0.6 is 0 Å². The van der Waals surface area contributed by atoms with Crippen molar-refractivity contribution in [3.8, 4) is 0 Å². The second kappa shape index (κ2) is 7.49. The van der Waals surface area contributed by atoms with Gasteiger partial charge in [-0.25, -0.2) is 0 Å². The maximum absolute atomic E-state index is 5.84. The standard InChI is InChI=1S/C16H32O2/c1-6-13(2)8-7-9-14(3)10-11-15-12-17-16(4,5)18-15/h13-15H,6-12H2,1-5H3/t13-,14-,15+/m1/s1. The van der Waals surface area contributed by atoms with E-state index in [1.54, 1.807) is 0 Å². The molecule has 1 saturated heterocycles. The van der Waals surface area contributed by atoms with E-state index in [0.29, 0.717) is 6.10 Å². The molecule has 0 aliphatic carbocycles. The van der Waals surface area contributed by atoms with Crippen molar-refractivity contribution in [1.29, 1.82) is 0 Å². The molecule has 0 unspecified atom stereocenters. The fourth-order valence-corrected chi connectivity index (χ4v) is 2.54. The van der Waals surface area contributed by atoms with Crippen molar-refractivity contribution in [1.82, 2.24) is 0 Å². The molecular formula is C16H32O2. The van der Waals surface area contributed by atoms with Gasteiger partial charge in [-0.2, -0.15) is 0 Å². The molecule has 0 saturated carbocycles. The number of rotatable bonds is 8. The molecular weight excluding hydrogens is 224 g/mol. The zero-order valence-corrected chi connectivity index (χ0v) is 13.0. The second-order valence-corrected chi connectivity index (χ2v) is 6.58. The summed E-state index contributed by atoms with van der Waals surface area (Å²) in [5.74, 6) is 1.36. The van der Waals surface area contributed by atoms with E-state index in [2.05, 4.69) is 20.8 Å². The number of hydrogen-bond donors (Lipinski definition) is 0. The lowest BCUT2D eigenvalue weighted by atomic mass is 9.94. The first kappa shape index (κ1) is 16.0. The average molecular weight is 256 g/mol. The topological polar surface area (TPSA) is 18.5 Å². The summed E-state index contributed by atoms with van der Waals surface area (Å²) in [4.78, 5) is 0. The summed E-state index contributed by atoms with van der Waals surface area (Å²) < 4.78 is 11.4. The van der Waals surface area contributed by atoms with Gasteiger partial charge in [0.05, 0.1) is 12.7 Å². The van der Waals surface area contributed by atoms with Crippen LogP contribution in [0.4, 0.5) is 0 Å². The molecule has 0 aromatic carbocycles. The predicted molar refractivity (Wildman–Crippen MR) is 76.6 cm³/mol. The van der Waals surface area contributed by atoms with Crippen LogP contribution in [0.5, 0.6) is 0 Å². The van der Waals surface area contributed by atoms with E-state index in [9.17, 15) is 0 Å². The van der Waals surface area contributed by atoms with Gasteiger partial charge in [-0.05, 0) is 38.5 Å². The van der Waals surface area contributed by atoms with E-state index in [0.717, 1.165) is 24.9 Å². The lowest BCUT2D eigenvalue weighted by molar-refractivity contribution is -0.139. The van der Waals surface area contributed by atoms with Gasteiger partial charge in [-0.1, -0.05) is 46.5 Å². The minimum Gasteiger partial charge on any atom is -0.348 e. The fraction of sp³-hybridized carbons (Fsp3) is 1.00. The molecule has 108 valence electrons. The molecule has 0 N–H and O–H groups in total. The molecule has 1 rings (SSSR count). The van der Waals surface area contributed by atoms with Gasteiger partial charge >= 0.3 is 0 Å². The Kier molecular flexibility index (Phi) is 6.65. The van der Waals surface area contributed by atoms with Crippen LogP contribution in [0.3, 0.4) is 0 Å². The van der Waals surface area contributed by atoms with Gasteiger partial charge in [0, 0.05) is 0 Å². The average Bonchev–Trinajstić information content (AvgIpc) is 2.66. The molecule has 1 aliphatic heterocycles. The molecule has 1 aliphatic rings. The summed E-state index contributed by atoms with van der Waals surface area (Å²) in [5.41, 5.74) is 0. The molecule has 0 aromatic heterocycles. The summed E-state index contributed by atoms with van der Waals surface area (Å²) in [6.45, 7) is 11.8. The third-order valence-corrected chi connectivity index (χ3v) is 4.14. The summed E-state index contributed by atoms with van der Waals surface area (Å²) >= 11 is 0. The summed E-state index contributed by atoms with van der Waals surface area (Å²) in [6.07, 6.45) is 8.17. The van der Waals surface area contributed by atoms with E-state index in [-0.39, 0.29) is 5.79 Å². The molecule has 2 nitrogen and oxygen atoms in total. The van der Waals surface area contributed by atoms with Gasteiger partial charge in [0.1, 0.15) is 0 Å². The van der Waals surface area contributed by atoms with E-state index in [4.69, 9.17) is 9.47 Å². The van der Waals surface area contributed by atoms with Crippen molar-refractivity contribution in [2.75, 3.05) is 6.61 Å². The number of ether oxygens (including phenoxy) is 2. The maximum atomic E-state index is 5.84. The zero-order chi connectivity index (χ0) is 13.6. The van der Waals surface area contributed by atoms with Crippen molar-refractivity contribution in [3.63, 3.8) is 0 Å². The smallest absolute Gasteiger partial charge is 0.163 e. The van der Waals surface area contributed by atoms with Gasteiger partial charge in [0.25, 0.3) is 0 Å². The van der Waals surface area contributed by atoms with Gasteiger partial charge in [-0.15, -0.1) is 0 Å². The third kappa shape index (κ3) is 6.19. The van der Waals surface area contributed by atoms with Crippen LogP contribution in [0.25, 0.3) is 0 Å². The SMILES string of the molecule is CC[C@@H](C)CCC[C@@H](C)CC[C@H]1COC(C)(C)O1. The molecule has 2 heteroatoms. The van der Waals surface area contributed by atoms with Crippen LogP contribution in [-0.4, -0.2) is 18.5 Å². The molecule has 18 heavy (non-hydrogen) atoms. The van der Waals surface area contributed by atoms with E-state index >= 15 is 0 Å². The van der Waals surface area contributed by atoms with Crippen molar-refractivity contribution < 1.29 is 9.47 Å². The molecule has 0 bridgehead atoms. The Labute approximate surface area is 113 Å². The minimum atomic E-state index is -0.357. The highest BCUT2D eigenvalue weighted by Gasteiger charge is 2.32. The monoisotopic (exact) mass is 256 g/mol. The highest BCUT2D eigenvalue weighted by molar-refractivity contribution is 4.71. The largest absolute Gasteiger partial charge is 0.348 e. The highest BCUT2D eigenvalue weighted by Crippen LogP contribution is 2.27. The summed E-state index contributed by atoms with van der Waals surface area (Å²) in [6, 6.07) is 0. The lowest BCUT2D eigenvalue weighted by Gasteiger charge is -2.18. The Hall–Kier alpha value is -0.0800. The zero-order valence-electron chi connectivity index (χ0n) is 13.0. The van der Waals surface area contributed by atoms with Gasteiger partial charge in [0.15, 0.2) is 5.79 Å². The summed E-state index contributed by atoms with van der Waals surface area (Å²) in [5, 5.41) is 0.